The average molecular weight is 302 g/mol. The molecule has 0 N–H and O–H groups in total. The maximum Gasteiger partial charge on any atom is 0.419 e. The summed E-state index contributed by atoms with van der Waals surface area (Å²) in [5.41, 5.74) is 2.46. The first-order chi connectivity index (χ1) is 10.3. The number of anilines is 1. The van der Waals surface area contributed by atoms with Crippen molar-refractivity contribution in [3.63, 3.8) is 0 Å². The van der Waals surface area contributed by atoms with E-state index in [1.165, 1.54) is 5.69 Å². The number of fused-ring (bicyclic) bond motifs is 1. The molecular formula is C18H26N2O2. The molecule has 0 saturated heterocycles. The number of rotatable bonds is 3. The number of carbonyl (C=O) groups excluding carboxylic acids is 1. The van der Waals surface area contributed by atoms with E-state index < -0.39 is 5.60 Å². The molecule has 4 nitrogen and oxygen atoms in total. The molecular weight excluding hydrogens is 276 g/mol. The van der Waals surface area contributed by atoms with Crippen LogP contribution in [0.2, 0.25) is 0 Å². The number of nitrogens with zero attached hydrogens (tertiary/aromatic N) is 2. The van der Waals surface area contributed by atoms with Crippen LogP contribution in [0.1, 0.15) is 40.3 Å². The second-order valence-corrected chi connectivity index (χ2v) is 6.52. The van der Waals surface area contributed by atoms with E-state index in [4.69, 9.17) is 4.74 Å². The zero-order chi connectivity index (χ0) is 16.5. The van der Waals surface area contributed by atoms with E-state index in [0.717, 1.165) is 29.7 Å². The fourth-order valence-electron chi connectivity index (χ4n) is 2.68. The highest BCUT2D eigenvalue weighted by Crippen LogP contribution is 2.26. The zero-order valence-corrected chi connectivity index (χ0v) is 14.4. The van der Waals surface area contributed by atoms with Gasteiger partial charge in [0, 0.05) is 29.9 Å². The minimum absolute atomic E-state index is 0.324. The average Bonchev–Trinajstić information content (AvgIpc) is 2.73. The molecule has 0 fully saturated rings. The molecule has 1 aromatic carbocycles. The standard InChI is InChI=1S/C18H26N2O2/c1-7-19(8-2)15-9-10-16-14(12-15)11-13(3)20(16)17(21)22-18(4,5)6/h9-12H,7-8H2,1-6H3. The summed E-state index contributed by atoms with van der Waals surface area (Å²) in [5, 5.41) is 1.06. The minimum Gasteiger partial charge on any atom is -0.443 e. The summed E-state index contributed by atoms with van der Waals surface area (Å²) < 4.78 is 7.15. The van der Waals surface area contributed by atoms with Gasteiger partial charge in [0.05, 0.1) is 5.52 Å². The van der Waals surface area contributed by atoms with Gasteiger partial charge >= 0.3 is 6.09 Å². The van der Waals surface area contributed by atoms with Crippen LogP contribution in [-0.4, -0.2) is 29.4 Å². The molecule has 0 bridgehead atoms. The van der Waals surface area contributed by atoms with Crippen molar-refractivity contribution in [1.82, 2.24) is 4.57 Å². The lowest BCUT2D eigenvalue weighted by atomic mass is 10.2. The minimum atomic E-state index is -0.499. The molecule has 0 atom stereocenters. The molecule has 0 unspecified atom stereocenters. The molecule has 0 amide bonds. The molecule has 0 aliphatic carbocycles. The molecule has 2 aromatic rings. The summed E-state index contributed by atoms with van der Waals surface area (Å²) in [4.78, 5) is 14.7. The first kappa shape index (κ1) is 16.4. The lowest BCUT2D eigenvalue weighted by Gasteiger charge is -2.22. The lowest BCUT2D eigenvalue weighted by Crippen LogP contribution is -2.27. The normalized spacial score (nSPS) is 11.7. The number of aromatic nitrogens is 1. The third kappa shape index (κ3) is 3.26. The topological polar surface area (TPSA) is 34.5 Å². The van der Waals surface area contributed by atoms with Crippen LogP contribution in [0.5, 0.6) is 0 Å². The van der Waals surface area contributed by atoms with Crippen LogP contribution in [0.4, 0.5) is 10.5 Å². The maximum absolute atomic E-state index is 12.4. The van der Waals surface area contributed by atoms with Gasteiger partial charge in [-0.3, -0.25) is 0 Å². The van der Waals surface area contributed by atoms with Gasteiger partial charge in [-0.05, 0) is 65.8 Å². The van der Waals surface area contributed by atoms with E-state index in [0.29, 0.717) is 0 Å². The first-order valence-corrected chi connectivity index (χ1v) is 7.87. The number of benzene rings is 1. The lowest BCUT2D eigenvalue weighted by molar-refractivity contribution is 0.0541. The van der Waals surface area contributed by atoms with E-state index in [1.54, 1.807) is 4.57 Å². The molecule has 1 aromatic heterocycles. The van der Waals surface area contributed by atoms with Crippen molar-refractivity contribution in [3.8, 4) is 0 Å². The highest BCUT2D eigenvalue weighted by molar-refractivity contribution is 5.92. The van der Waals surface area contributed by atoms with E-state index in [9.17, 15) is 4.79 Å². The van der Waals surface area contributed by atoms with Gasteiger partial charge < -0.3 is 9.64 Å². The number of aryl methyl sites for hydroxylation is 1. The van der Waals surface area contributed by atoms with Gasteiger partial charge in [-0.1, -0.05) is 0 Å². The van der Waals surface area contributed by atoms with Gasteiger partial charge in [0.15, 0.2) is 0 Å². The fraction of sp³-hybridized carbons (Fsp3) is 0.500. The van der Waals surface area contributed by atoms with Gasteiger partial charge in [-0.25, -0.2) is 9.36 Å². The van der Waals surface area contributed by atoms with Crippen LogP contribution < -0.4 is 4.90 Å². The third-order valence-corrected chi connectivity index (χ3v) is 3.67. The quantitative estimate of drug-likeness (QED) is 0.832. The summed E-state index contributed by atoms with van der Waals surface area (Å²) in [6.07, 6.45) is -0.324. The Balaban J connectivity index is 2.45. The Bertz CT molecular complexity index is 676. The van der Waals surface area contributed by atoms with Crippen LogP contribution in [0.15, 0.2) is 24.3 Å². The summed E-state index contributed by atoms with van der Waals surface area (Å²) in [6.45, 7) is 13.8. The molecule has 0 spiro atoms. The van der Waals surface area contributed by atoms with Crippen LogP contribution in [0.3, 0.4) is 0 Å². The van der Waals surface area contributed by atoms with Gasteiger partial charge in [-0.15, -0.1) is 0 Å². The summed E-state index contributed by atoms with van der Waals surface area (Å²) in [5.74, 6) is 0. The van der Waals surface area contributed by atoms with Crippen molar-refractivity contribution in [2.24, 2.45) is 0 Å². The molecule has 0 saturated carbocycles. The van der Waals surface area contributed by atoms with Gasteiger partial charge in [0.2, 0.25) is 0 Å². The number of hydrogen-bond donors (Lipinski definition) is 0. The maximum atomic E-state index is 12.4. The Hall–Kier alpha value is -1.97. The van der Waals surface area contributed by atoms with Crippen LogP contribution in [-0.2, 0) is 4.74 Å². The van der Waals surface area contributed by atoms with Gasteiger partial charge in [0.25, 0.3) is 0 Å². The van der Waals surface area contributed by atoms with E-state index in [2.05, 4.69) is 30.9 Å². The van der Waals surface area contributed by atoms with Crippen molar-refractivity contribution < 1.29 is 9.53 Å². The Morgan fingerprint density at radius 1 is 1.18 bits per heavy atom. The highest BCUT2D eigenvalue weighted by Gasteiger charge is 2.21. The highest BCUT2D eigenvalue weighted by atomic mass is 16.6. The molecule has 0 aliphatic rings. The summed E-state index contributed by atoms with van der Waals surface area (Å²) in [7, 11) is 0. The van der Waals surface area contributed by atoms with Gasteiger partial charge in [0.1, 0.15) is 5.60 Å². The molecule has 1 heterocycles. The molecule has 120 valence electrons. The summed E-state index contributed by atoms with van der Waals surface area (Å²) in [6, 6.07) is 8.23. The Morgan fingerprint density at radius 2 is 1.82 bits per heavy atom. The van der Waals surface area contributed by atoms with Crippen molar-refractivity contribution in [1.29, 1.82) is 0 Å². The molecule has 0 radical (unpaired) electrons. The van der Waals surface area contributed by atoms with E-state index >= 15 is 0 Å². The Kier molecular flexibility index (Phi) is 4.50. The van der Waals surface area contributed by atoms with Crippen molar-refractivity contribution in [2.45, 2.75) is 47.1 Å². The molecule has 0 aliphatic heterocycles. The monoisotopic (exact) mass is 302 g/mol. The Labute approximate surface area is 132 Å². The number of hydrogen-bond acceptors (Lipinski definition) is 3. The van der Waals surface area contributed by atoms with Gasteiger partial charge in [-0.2, -0.15) is 0 Å². The van der Waals surface area contributed by atoms with Crippen LogP contribution in [0, 0.1) is 6.92 Å². The van der Waals surface area contributed by atoms with Crippen molar-refractivity contribution in [3.05, 3.63) is 30.0 Å². The number of ether oxygens (including phenoxy) is 1. The van der Waals surface area contributed by atoms with Crippen molar-refractivity contribution in [2.75, 3.05) is 18.0 Å². The van der Waals surface area contributed by atoms with E-state index in [-0.39, 0.29) is 6.09 Å². The predicted molar refractivity (Wildman–Crippen MR) is 91.9 cm³/mol. The first-order valence-electron chi connectivity index (χ1n) is 7.87. The summed E-state index contributed by atoms with van der Waals surface area (Å²) >= 11 is 0. The largest absolute Gasteiger partial charge is 0.443 e. The third-order valence-electron chi connectivity index (χ3n) is 3.67. The van der Waals surface area contributed by atoms with Crippen LogP contribution in [0.25, 0.3) is 10.9 Å². The fourth-order valence-corrected chi connectivity index (χ4v) is 2.68. The van der Waals surface area contributed by atoms with E-state index in [1.807, 2.05) is 39.8 Å². The second-order valence-electron chi connectivity index (χ2n) is 6.52. The second kappa shape index (κ2) is 6.03. The molecule has 22 heavy (non-hydrogen) atoms. The zero-order valence-electron chi connectivity index (χ0n) is 14.4. The number of carbonyl (C=O) groups is 1. The Morgan fingerprint density at radius 3 is 2.36 bits per heavy atom. The smallest absolute Gasteiger partial charge is 0.419 e. The molecule has 2 rings (SSSR count). The van der Waals surface area contributed by atoms with Crippen LogP contribution >= 0.6 is 0 Å². The van der Waals surface area contributed by atoms with Crippen molar-refractivity contribution >= 4 is 22.7 Å². The molecule has 4 heteroatoms. The SMILES string of the molecule is CCN(CC)c1ccc2c(c1)cc(C)n2C(=O)OC(C)(C)C. The predicted octanol–water partition coefficient (Wildman–Crippen LogP) is 4.58.